The lowest BCUT2D eigenvalue weighted by atomic mass is 10.3. The van der Waals surface area contributed by atoms with E-state index < -0.39 is 0 Å². The quantitative estimate of drug-likeness (QED) is 0.790. The van der Waals surface area contributed by atoms with Crippen LogP contribution < -0.4 is 15.5 Å². The van der Waals surface area contributed by atoms with Crippen molar-refractivity contribution in [2.45, 2.75) is 0 Å². The Balaban J connectivity index is 2.68. The first-order valence-electron chi connectivity index (χ1n) is 4.63. The van der Waals surface area contributed by atoms with Crippen LogP contribution in [0.25, 0.3) is 11.0 Å². The molecule has 0 aliphatic carbocycles. The normalized spacial score (nSPS) is 10.6. The molecular weight excluding hydrogens is 192 g/mol. The Labute approximate surface area is 88.0 Å². The van der Waals surface area contributed by atoms with Gasteiger partial charge in [-0.25, -0.2) is 9.66 Å². The molecule has 15 heavy (non-hydrogen) atoms. The van der Waals surface area contributed by atoms with Crippen molar-refractivity contribution in [2.75, 3.05) is 31.9 Å². The molecule has 80 valence electrons. The number of aromatic nitrogens is 2. The van der Waals surface area contributed by atoms with Crippen molar-refractivity contribution in [1.29, 1.82) is 0 Å². The van der Waals surface area contributed by atoms with Crippen LogP contribution in [0, 0.1) is 0 Å². The molecule has 0 aliphatic rings. The number of nitrogen functional groups attached to an aromatic ring is 1. The molecule has 5 heteroatoms. The van der Waals surface area contributed by atoms with E-state index in [4.69, 9.17) is 10.5 Å². The molecule has 0 saturated heterocycles. The summed E-state index contributed by atoms with van der Waals surface area (Å²) >= 11 is 0. The molecule has 0 radical (unpaired) electrons. The molecule has 0 spiro atoms. The Morgan fingerprint density at radius 1 is 1.40 bits per heavy atom. The van der Waals surface area contributed by atoms with E-state index in [-0.39, 0.29) is 0 Å². The molecule has 2 rings (SSSR count). The number of rotatable bonds is 2. The van der Waals surface area contributed by atoms with Crippen LogP contribution in [-0.4, -0.2) is 30.9 Å². The van der Waals surface area contributed by atoms with Gasteiger partial charge in [-0.2, -0.15) is 0 Å². The fourth-order valence-corrected chi connectivity index (χ4v) is 1.61. The predicted molar refractivity (Wildman–Crippen MR) is 60.8 cm³/mol. The van der Waals surface area contributed by atoms with E-state index in [0.29, 0.717) is 5.95 Å². The smallest absolute Gasteiger partial charge is 0.220 e. The topological polar surface area (TPSA) is 56.3 Å². The second kappa shape index (κ2) is 3.34. The lowest BCUT2D eigenvalue weighted by Crippen LogP contribution is -2.26. The van der Waals surface area contributed by atoms with Gasteiger partial charge in [0.2, 0.25) is 5.95 Å². The first kappa shape index (κ1) is 9.64. The van der Waals surface area contributed by atoms with E-state index in [1.54, 1.807) is 7.11 Å². The monoisotopic (exact) mass is 206 g/mol. The van der Waals surface area contributed by atoms with Crippen molar-refractivity contribution in [1.82, 2.24) is 9.66 Å². The lowest BCUT2D eigenvalue weighted by Gasteiger charge is -2.16. The van der Waals surface area contributed by atoms with Crippen molar-refractivity contribution in [3.05, 3.63) is 18.2 Å². The van der Waals surface area contributed by atoms with Gasteiger partial charge in [0.15, 0.2) is 0 Å². The molecule has 0 amide bonds. The predicted octanol–water partition coefficient (Wildman–Crippen LogP) is 0.825. The molecule has 0 atom stereocenters. The van der Waals surface area contributed by atoms with Crippen molar-refractivity contribution in [2.24, 2.45) is 0 Å². The number of imidazole rings is 1. The third kappa shape index (κ3) is 1.45. The zero-order chi connectivity index (χ0) is 11.0. The van der Waals surface area contributed by atoms with Gasteiger partial charge in [0, 0.05) is 20.2 Å². The van der Waals surface area contributed by atoms with E-state index in [2.05, 4.69) is 4.98 Å². The van der Waals surface area contributed by atoms with Crippen LogP contribution in [0.15, 0.2) is 18.2 Å². The summed E-state index contributed by atoms with van der Waals surface area (Å²) in [5, 5.41) is 1.89. The summed E-state index contributed by atoms with van der Waals surface area (Å²) in [5.74, 6) is 1.26. The zero-order valence-electron chi connectivity index (χ0n) is 9.06. The summed E-state index contributed by atoms with van der Waals surface area (Å²) < 4.78 is 6.97. The van der Waals surface area contributed by atoms with Crippen LogP contribution in [0.2, 0.25) is 0 Å². The van der Waals surface area contributed by atoms with E-state index in [1.807, 2.05) is 42.0 Å². The standard InChI is InChI=1S/C10H14N4O/c1-13(2)14-9-5-4-7(15-3)6-8(9)12-10(14)11/h4-6H,1-3H3,(H2,11,12). The number of hydrogen-bond donors (Lipinski definition) is 1. The number of fused-ring (bicyclic) bond motifs is 1. The number of anilines is 1. The van der Waals surface area contributed by atoms with Crippen molar-refractivity contribution in [3.63, 3.8) is 0 Å². The number of ether oxygens (including phenoxy) is 1. The highest BCUT2D eigenvalue weighted by atomic mass is 16.5. The highest BCUT2D eigenvalue weighted by Gasteiger charge is 2.09. The van der Waals surface area contributed by atoms with Crippen molar-refractivity contribution >= 4 is 17.0 Å². The average molecular weight is 206 g/mol. The molecule has 0 fully saturated rings. The highest BCUT2D eigenvalue weighted by molar-refractivity contribution is 5.80. The number of nitrogens with zero attached hydrogens (tertiary/aromatic N) is 3. The summed E-state index contributed by atoms with van der Waals surface area (Å²) in [4.78, 5) is 4.26. The number of nitrogens with two attached hydrogens (primary N) is 1. The van der Waals surface area contributed by atoms with Crippen molar-refractivity contribution < 1.29 is 4.74 Å². The molecule has 0 aliphatic heterocycles. The van der Waals surface area contributed by atoms with Gasteiger partial charge in [0.1, 0.15) is 5.75 Å². The molecule has 0 saturated carbocycles. The van der Waals surface area contributed by atoms with Crippen LogP contribution in [0.4, 0.5) is 5.95 Å². The first-order chi connectivity index (χ1) is 7.13. The summed E-state index contributed by atoms with van der Waals surface area (Å²) in [6.45, 7) is 0. The maximum absolute atomic E-state index is 5.82. The minimum atomic E-state index is 0.475. The Kier molecular flexibility index (Phi) is 2.15. The summed E-state index contributed by atoms with van der Waals surface area (Å²) in [6.07, 6.45) is 0. The van der Waals surface area contributed by atoms with E-state index in [1.165, 1.54) is 0 Å². The van der Waals surface area contributed by atoms with Gasteiger partial charge in [0.05, 0.1) is 18.1 Å². The van der Waals surface area contributed by atoms with E-state index in [9.17, 15) is 0 Å². The SMILES string of the molecule is COc1ccc2c(c1)nc(N)n2N(C)C. The second-order valence-corrected chi connectivity index (χ2v) is 3.48. The summed E-state index contributed by atoms with van der Waals surface area (Å²) in [7, 11) is 5.47. The Hall–Kier alpha value is -1.91. The van der Waals surface area contributed by atoms with Gasteiger partial charge in [-0.1, -0.05) is 0 Å². The number of methoxy groups -OCH3 is 1. The lowest BCUT2D eigenvalue weighted by molar-refractivity contribution is 0.415. The minimum absolute atomic E-state index is 0.475. The maximum atomic E-state index is 5.82. The van der Waals surface area contributed by atoms with Gasteiger partial charge in [-0.15, -0.1) is 0 Å². The molecule has 1 aromatic heterocycles. The summed E-state index contributed by atoms with van der Waals surface area (Å²) in [5.41, 5.74) is 7.62. The van der Waals surface area contributed by atoms with Gasteiger partial charge >= 0.3 is 0 Å². The van der Waals surface area contributed by atoms with Gasteiger partial charge in [0.25, 0.3) is 0 Å². The van der Waals surface area contributed by atoms with E-state index >= 15 is 0 Å². The maximum Gasteiger partial charge on any atom is 0.220 e. The van der Waals surface area contributed by atoms with Gasteiger partial charge in [-0.05, 0) is 12.1 Å². The number of hydrogen-bond acceptors (Lipinski definition) is 4. The second-order valence-electron chi connectivity index (χ2n) is 3.48. The molecule has 1 aromatic carbocycles. The Bertz CT molecular complexity index is 489. The third-order valence-electron chi connectivity index (χ3n) is 2.26. The third-order valence-corrected chi connectivity index (χ3v) is 2.26. The van der Waals surface area contributed by atoms with Crippen LogP contribution in [0.1, 0.15) is 0 Å². The molecular formula is C10H14N4O. The molecule has 1 heterocycles. The molecule has 5 nitrogen and oxygen atoms in total. The fraction of sp³-hybridized carbons (Fsp3) is 0.300. The number of benzene rings is 1. The molecule has 2 aromatic rings. The van der Waals surface area contributed by atoms with Crippen molar-refractivity contribution in [3.8, 4) is 5.75 Å². The molecule has 0 unspecified atom stereocenters. The van der Waals surface area contributed by atoms with Crippen LogP contribution in [0.3, 0.4) is 0 Å². The van der Waals surface area contributed by atoms with Crippen LogP contribution >= 0.6 is 0 Å². The Morgan fingerprint density at radius 3 is 2.73 bits per heavy atom. The Morgan fingerprint density at radius 2 is 2.13 bits per heavy atom. The van der Waals surface area contributed by atoms with Crippen LogP contribution in [-0.2, 0) is 0 Å². The first-order valence-corrected chi connectivity index (χ1v) is 4.63. The molecule has 2 N–H and O–H groups in total. The minimum Gasteiger partial charge on any atom is -0.497 e. The van der Waals surface area contributed by atoms with E-state index in [0.717, 1.165) is 16.8 Å². The van der Waals surface area contributed by atoms with Gasteiger partial charge in [-0.3, -0.25) is 0 Å². The molecule has 0 bridgehead atoms. The zero-order valence-corrected chi connectivity index (χ0v) is 9.06. The highest BCUT2D eigenvalue weighted by Crippen LogP contribution is 2.22. The largest absolute Gasteiger partial charge is 0.497 e. The summed E-state index contributed by atoms with van der Waals surface area (Å²) in [6, 6.07) is 5.70. The van der Waals surface area contributed by atoms with Crippen LogP contribution in [0.5, 0.6) is 5.75 Å². The fourth-order valence-electron chi connectivity index (χ4n) is 1.61. The van der Waals surface area contributed by atoms with Gasteiger partial charge < -0.3 is 15.5 Å². The average Bonchev–Trinajstić information content (AvgIpc) is 2.52.